The van der Waals surface area contributed by atoms with E-state index in [0.717, 1.165) is 16.4 Å². The normalized spacial score (nSPS) is 19.6. The van der Waals surface area contributed by atoms with Gasteiger partial charge in [0.15, 0.2) is 0 Å². The first-order chi connectivity index (χ1) is 8.20. The molecule has 17 heavy (non-hydrogen) atoms. The van der Waals surface area contributed by atoms with Crippen LogP contribution in [-0.4, -0.2) is 22.1 Å². The second-order valence-corrected chi connectivity index (χ2v) is 5.90. The molecule has 2 rings (SSSR count). The molecule has 0 amide bonds. The van der Waals surface area contributed by atoms with E-state index >= 15 is 0 Å². The average molecular weight is 347 g/mol. The molecule has 0 saturated heterocycles. The van der Waals surface area contributed by atoms with Gasteiger partial charge < -0.3 is 10.5 Å². The van der Waals surface area contributed by atoms with Crippen LogP contribution in [0.25, 0.3) is 0 Å². The molecule has 0 bridgehead atoms. The SMILES string of the molecule is NC1(COc2ncncc2I)CCCCCC1. The van der Waals surface area contributed by atoms with Crippen LogP contribution in [0.15, 0.2) is 12.5 Å². The summed E-state index contributed by atoms with van der Waals surface area (Å²) >= 11 is 2.18. The molecule has 94 valence electrons. The number of nitrogens with zero attached hydrogens (tertiary/aromatic N) is 2. The zero-order chi connectivity index (χ0) is 12.1. The highest BCUT2D eigenvalue weighted by Crippen LogP contribution is 2.26. The molecule has 1 aromatic rings. The second-order valence-electron chi connectivity index (χ2n) is 4.74. The number of aromatic nitrogens is 2. The molecule has 0 aromatic carbocycles. The summed E-state index contributed by atoms with van der Waals surface area (Å²) in [5.41, 5.74) is 6.21. The summed E-state index contributed by atoms with van der Waals surface area (Å²) in [7, 11) is 0. The predicted molar refractivity (Wildman–Crippen MR) is 74.9 cm³/mol. The van der Waals surface area contributed by atoms with Gasteiger partial charge in [0, 0.05) is 6.20 Å². The van der Waals surface area contributed by atoms with Crippen molar-refractivity contribution in [3.63, 3.8) is 0 Å². The van der Waals surface area contributed by atoms with E-state index < -0.39 is 0 Å². The summed E-state index contributed by atoms with van der Waals surface area (Å²) in [4.78, 5) is 8.06. The summed E-state index contributed by atoms with van der Waals surface area (Å²) < 4.78 is 6.68. The van der Waals surface area contributed by atoms with Gasteiger partial charge in [0.2, 0.25) is 5.88 Å². The molecule has 2 N–H and O–H groups in total. The predicted octanol–water partition coefficient (Wildman–Crippen LogP) is 2.51. The fraction of sp³-hybridized carbons (Fsp3) is 0.667. The molecule has 0 atom stereocenters. The van der Waals surface area contributed by atoms with Crippen LogP contribution in [0.3, 0.4) is 0 Å². The minimum Gasteiger partial charge on any atom is -0.475 e. The molecule has 0 radical (unpaired) electrons. The highest BCUT2D eigenvalue weighted by molar-refractivity contribution is 14.1. The van der Waals surface area contributed by atoms with E-state index in [4.69, 9.17) is 10.5 Å². The maximum Gasteiger partial charge on any atom is 0.230 e. The van der Waals surface area contributed by atoms with E-state index in [0.29, 0.717) is 12.5 Å². The molecule has 1 aliphatic rings. The van der Waals surface area contributed by atoms with Crippen LogP contribution in [0.2, 0.25) is 0 Å². The maximum atomic E-state index is 6.39. The highest BCUT2D eigenvalue weighted by atomic mass is 127. The zero-order valence-electron chi connectivity index (χ0n) is 9.86. The van der Waals surface area contributed by atoms with Gasteiger partial charge in [-0.1, -0.05) is 25.7 Å². The Morgan fingerprint density at radius 3 is 2.65 bits per heavy atom. The number of hydrogen-bond donors (Lipinski definition) is 1. The minimum atomic E-state index is -0.176. The van der Waals surface area contributed by atoms with Crippen LogP contribution >= 0.6 is 22.6 Å². The van der Waals surface area contributed by atoms with Gasteiger partial charge in [-0.25, -0.2) is 9.97 Å². The Morgan fingerprint density at radius 1 is 1.29 bits per heavy atom. The van der Waals surface area contributed by atoms with E-state index in [1.165, 1.54) is 32.0 Å². The third-order valence-electron chi connectivity index (χ3n) is 3.23. The summed E-state index contributed by atoms with van der Waals surface area (Å²) in [6.07, 6.45) is 10.4. The lowest BCUT2D eigenvalue weighted by molar-refractivity contribution is 0.192. The monoisotopic (exact) mass is 347 g/mol. The van der Waals surface area contributed by atoms with E-state index in [2.05, 4.69) is 32.6 Å². The number of ether oxygens (including phenoxy) is 1. The van der Waals surface area contributed by atoms with Crippen LogP contribution in [0.5, 0.6) is 5.88 Å². The standard InChI is InChI=1S/C12H18IN3O/c13-10-7-15-9-16-11(10)17-8-12(14)5-3-1-2-4-6-12/h7,9H,1-6,8,14H2. The average Bonchev–Trinajstić information content (AvgIpc) is 2.54. The number of halogens is 1. The van der Waals surface area contributed by atoms with Crippen molar-refractivity contribution < 1.29 is 4.74 Å². The second kappa shape index (κ2) is 5.95. The lowest BCUT2D eigenvalue weighted by atomic mass is 9.93. The van der Waals surface area contributed by atoms with Crippen molar-refractivity contribution in [1.82, 2.24) is 9.97 Å². The van der Waals surface area contributed by atoms with Crippen LogP contribution in [0, 0.1) is 3.57 Å². The lowest BCUT2D eigenvalue weighted by Crippen LogP contribution is -2.45. The van der Waals surface area contributed by atoms with Gasteiger partial charge in [-0.15, -0.1) is 0 Å². The minimum absolute atomic E-state index is 0.176. The number of rotatable bonds is 3. The van der Waals surface area contributed by atoms with Gasteiger partial charge in [-0.05, 0) is 35.4 Å². The van der Waals surface area contributed by atoms with Crippen LogP contribution in [-0.2, 0) is 0 Å². The van der Waals surface area contributed by atoms with Crippen molar-refractivity contribution in [3.05, 3.63) is 16.1 Å². The Morgan fingerprint density at radius 2 is 2.00 bits per heavy atom. The molecule has 1 saturated carbocycles. The van der Waals surface area contributed by atoms with Crippen molar-refractivity contribution >= 4 is 22.6 Å². The largest absolute Gasteiger partial charge is 0.475 e. The Hall–Kier alpha value is -0.430. The molecule has 1 aliphatic carbocycles. The molecule has 0 aliphatic heterocycles. The number of hydrogen-bond acceptors (Lipinski definition) is 4. The van der Waals surface area contributed by atoms with Gasteiger partial charge >= 0.3 is 0 Å². The van der Waals surface area contributed by atoms with Crippen LogP contribution in [0.1, 0.15) is 38.5 Å². The highest BCUT2D eigenvalue weighted by Gasteiger charge is 2.27. The third-order valence-corrected chi connectivity index (χ3v) is 3.97. The van der Waals surface area contributed by atoms with E-state index in [1.54, 1.807) is 6.20 Å². The van der Waals surface area contributed by atoms with E-state index in [9.17, 15) is 0 Å². The first-order valence-electron chi connectivity index (χ1n) is 6.07. The van der Waals surface area contributed by atoms with Crippen molar-refractivity contribution in [1.29, 1.82) is 0 Å². The first kappa shape index (κ1) is 13.0. The molecule has 0 unspecified atom stereocenters. The summed E-state index contributed by atoms with van der Waals surface area (Å²) in [6.45, 7) is 0.556. The Labute approximate surface area is 115 Å². The molecule has 4 nitrogen and oxygen atoms in total. The summed E-state index contributed by atoms with van der Waals surface area (Å²) in [5, 5.41) is 0. The van der Waals surface area contributed by atoms with E-state index in [-0.39, 0.29) is 5.54 Å². The molecular weight excluding hydrogens is 329 g/mol. The Bertz CT molecular complexity index is 365. The Balaban J connectivity index is 1.94. The van der Waals surface area contributed by atoms with Gasteiger partial charge in [-0.2, -0.15) is 0 Å². The molecule has 5 heteroatoms. The Kier molecular flexibility index (Phi) is 4.55. The quantitative estimate of drug-likeness (QED) is 0.674. The van der Waals surface area contributed by atoms with Crippen molar-refractivity contribution in [3.8, 4) is 5.88 Å². The van der Waals surface area contributed by atoms with Crippen LogP contribution < -0.4 is 10.5 Å². The van der Waals surface area contributed by atoms with Gasteiger partial charge in [0.25, 0.3) is 0 Å². The van der Waals surface area contributed by atoms with Crippen molar-refractivity contribution in [2.24, 2.45) is 5.73 Å². The smallest absolute Gasteiger partial charge is 0.230 e. The molecule has 1 aromatic heterocycles. The maximum absolute atomic E-state index is 6.39. The molecular formula is C12H18IN3O. The van der Waals surface area contributed by atoms with Crippen molar-refractivity contribution in [2.45, 2.75) is 44.1 Å². The summed E-state index contributed by atoms with van der Waals surface area (Å²) in [6, 6.07) is 0. The first-order valence-corrected chi connectivity index (χ1v) is 7.15. The van der Waals surface area contributed by atoms with Gasteiger partial charge in [0.1, 0.15) is 12.9 Å². The fourth-order valence-corrected chi connectivity index (χ4v) is 2.65. The summed E-state index contributed by atoms with van der Waals surface area (Å²) in [5.74, 6) is 0.648. The van der Waals surface area contributed by atoms with Crippen LogP contribution in [0.4, 0.5) is 0 Å². The number of nitrogens with two attached hydrogens (primary N) is 1. The van der Waals surface area contributed by atoms with Gasteiger partial charge in [-0.3, -0.25) is 0 Å². The molecule has 1 fully saturated rings. The zero-order valence-corrected chi connectivity index (χ0v) is 12.0. The van der Waals surface area contributed by atoms with E-state index in [1.807, 2.05) is 0 Å². The molecule has 0 spiro atoms. The fourth-order valence-electron chi connectivity index (χ4n) is 2.20. The lowest BCUT2D eigenvalue weighted by Gasteiger charge is -2.27. The molecule has 1 heterocycles. The van der Waals surface area contributed by atoms with Gasteiger partial charge in [0.05, 0.1) is 9.11 Å². The third kappa shape index (κ3) is 3.77. The van der Waals surface area contributed by atoms with Crippen molar-refractivity contribution in [2.75, 3.05) is 6.61 Å². The topological polar surface area (TPSA) is 61.0 Å².